The second-order valence-corrected chi connectivity index (χ2v) is 5.88. The van der Waals surface area contributed by atoms with E-state index in [0.717, 1.165) is 16.9 Å². The average molecular weight is 296 g/mol. The zero-order valence-electron chi connectivity index (χ0n) is 11.5. The van der Waals surface area contributed by atoms with E-state index in [9.17, 15) is 4.79 Å². The van der Waals surface area contributed by atoms with Gasteiger partial charge in [-0.05, 0) is 23.8 Å². The molecule has 2 aromatic rings. The summed E-state index contributed by atoms with van der Waals surface area (Å²) in [6.07, 6.45) is 1.95. The number of hydrogen-bond acceptors (Lipinski definition) is 3. The molecule has 0 spiro atoms. The molecular formula is C17H16N2OS. The Balaban J connectivity index is 1.72. The Morgan fingerprint density at radius 3 is 2.38 bits per heavy atom. The molecule has 0 saturated carbocycles. The van der Waals surface area contributed by atoms with Gasteiger partial charge < -0.3 is 0 Å². The van der Waals surface area contributed by atoms with Gasteiger partial charge in [-0.1, -0.05) is 48.5 Å². The van der Waals surface area contributed by atoms with Crippen LogP contribution in [-0.4, -0.2) is 17.7 Å². The lowest BCUT2D eigenvalue weighted by molar-refractivity contribution is -0.116. The van der Waals surface area contributed by atoms with Gasteiger partial charge in [0.1, 0.15) is 0 Å². The number of amides is 1. The van der Waals surface area contributed by atoms with Gasteiger partial charge in [0.25, 0.3) is 5.91 Å². The van der Waals surface area contributed by atoms with Crippen molar-refractivity contribution in [2.24, 2.45) is 0 Å². The minimum Gasteiger partial charge on any atom is -0.287 e. The van der Waals surface area contributed by atoms with Crippen LogP contribution in [0.15, 0.2) is 71.1 Å². The molecule has 3 rings (SSSR count). The SMILES string of the molecule is O=C1NNC(CSc2ccccc2)C1=Cc1ccccc1. The van der Waals surface area contributed by atoms with Gasteiger partial charge in [0.15, 0.2) is 0 Å². The van der Waals surface area contributed by atoms with Gasteiger partial charge in [-0.2, -0.15) is 0 Å². The van der Waals surface area contributed by atoms with Crippen LogP contribution < -0.4 is 10.9 Å². The number of rotatable bonds is 4. The third kappa shape index (κ3) is 3.54. The molecular weight excluding hydrogens is 280 g/mol. The van der Waals surface area contributed by atoms with Gasteiger partial charge >= 0.3 is 0 Å². The van der Waals surface area contributed by atoms with Crippen LogP contribution in [0.1, 0.15) is 5.56 Å². The molecule has 1 atom stereocenters. The van der Waals surface area contributed by atoms with E-state index < -0.39 is 0 Å². The first-order chi connectivity index (χ1) is 10.3. The molecule has 1 unspecified atom stereocenters. The normalized spacial score (nSPS) is 19.7. The van der Waals surface area contributed by atoms with E-state index in [0.29, 0.717) is 0 Å². The molecule has 1 saturated heterocycles. The maximum atomic E-state index is 11.9. The minimum absolute atomic E-state index is 0.0166. The summed E-state index contributed by atoms with van der Waals surface area (Å²) in [4.78, 5) is 13.2. The van der Waals surface area contributed by atoms with Crippen LogP contribution in [0.25, 0.3) is 6.08 Å². The molecule has 4 heteroatoms. The third-order valence-corrected chi connectivity index (χ3v) is 4.38. The van der Waals surface area contributed by atoms with Gasteiger partial charge in [-0.25, -0.2) is 5.43 Å². The van der Waals surface area contributed by atoms with Gasteiger partial charge in [-0.15, -0.1) is 11.8 Å². The fourth-order valence-corrected chi connectivity index (χ4v) is 3.16. The van der Waals surface area contributed by atoms with E-state index in [-0.39, 0.29) is 11.9 Å². The van der Waals surface area contributed by atoms with Gasteiger partial charge in [0, 0.05) is 16.2 Å². The third-order valence-electron chi connectivity index (χ3n) is 3.28. The number of hydrazine groups is 1. The van der Waals surface area contributed by atoms with Crippen molar-refractivity contribution in [1.82, 2.24) is 10.9 Å². The highest BCUT2D eigenvalue weighted by atomic mass is 32.2. The lowest BCUT2D eigenvalue weighted by Crippen LogP contribution is -2.32. The average Bonchev–Trinajstić information content (AvgIpc) is 2.88. The monoisotopic (exact) mass is 296 g/mol. The zero-order chi connectivity index (χ0) is 14.5. The second-order valence-electron chi connectivity index (χ2n) is 4.79. The first-order valence-electron chi connectivity index (χ1n) is 6.83. The molecule has 0 radical (unpaired) electrons. The summed E-state index contributed by atoms with van der Waals surface area (Å²) in [5.41, 5.74) is 7.59. The number of thioether (sulfide) groups is 1. The van der Waals surface area contributed by atoms with E-state index in [4.69, 9.17) is 0 Å². The van der Waals surface area contributed by atoms with Crippen molar-refractivity contribution in [2.75, 3.05) is 5.75 Å². The number of benzene rings is 2. The van der Waals surface area contributed by atoms with Crippen LogP contribution in [0, 0.1) is 0 Å². The van der Waals surface area contributed by atoms with Crippen molar-refractivity contribution in [3.8, 4) is 0 Å². The van der Waals surface area contributed by atoms with Crippen LogP contribution in [0.2, 0.25) is 0 Å². The fourth-order valence-electron chi connectivity index (χ4n) is 2.18. The van der Waals surface area contributed by atoms with Crippen molar-refractivity contribution < 1.29 is 4.79 Å². The molecule has 21 heavy (non-hydrogen) atoms. The minimum atomic E-state index is -0.0440. The highest BCUT2D eigenvalue weighted by molar-refractivity contribution is 7.99. The molecule has 1 heterocycles. The highest BCUT2D eigenvalue weighted by Crippen LogP contribution is 2.23. The Kier molecular flexibility index (Phi) is 4.38. The molecule has 2 aromatic carbocycles. The fraction of sp³-hybridized carbons (Fsp3) is 0.118. The number of nitrogens with one attached hydrogen (secondary N) is 2. The van der Waals surface area contributed by atoms with Crippen LogP contribution in [0.3, 0.4) is 0 Å². The number of carbonyl (C=O) groups is 1. The van der Waals surface area contributed by atoms with E-state index in [1.165, 1.54) is 4.90 Å². The maximum Gasteiger partial charge on any atom is 0.263 e. The highest BCUT2D eigenvalue weighted by Gasteiger charge is 2.27. The first-order valence-corrected chi connectivity index (χ1v) is 7.82. The molecule has 1 fully saturated rings. The molecule has 1 aliphatic rings. The summed E-state index contributed by atoms with van der Waals surface area (Å²) in [7, 11) is 0. The maximum absolute atomic E-state index is 11.9. The zero-order valence-corrected chi connectivity index (χ0v) is 12.3. The van der Waals surface area contributed by atoms with Crippen molar-refractivity contribution in [3.05, 3.63) is 71.8 Å². The summed E-state index contributed by atoms with van der Waals surface area (Å²) >= 11 is 1.74. The van der Waals surface area contributed by atoms with Crippen LogP contribution in [0.5, 0.6) is 0 Å². The van der Waals surface area contributed by atoms with Crippen molar-refractivity contribution in [2.45, 2.75) is 10.9 Å². The molecule has 2 N–H and O–H groups in total. The van der Waals surface area contributed by atoms with E-state index in [1.807, 2.05) is 54.6 Å². The van der Waals surface area contributed by atoms with E-state index in [2.05, 4.69) is 23.0 Å². The van der Waals surface area contributed by atoms with E-state index in [1.54, 1.807) is 11.8 Å². The summed E-state index contributed by atoms with van der Waals surface area (Å²) in [6.45, 7) is 0. The number of hydrogen-bond donors (Lipinski definition) is 2. The lowest BCUT2D eigenvalue weighted by Gasteiger charge is -2.10. The molecule has 3 nitrogen and oxygen atoms in total. The standard InChI is InChI=1S/C17H16N2OS/c20-17-15(11-13-7-3-1-4-8-13)16(18-19-17)12-21-14-9-5-2-6-10-14/h1-11,16,18H,12H2,(H,19,20). The topological polar surface area (TPSA) is 41.1 Å². The van der Waals surface area contributed by atoms with Crippen LogP contribution in [0.4, 0.5) is 0 Å². The second kappa shape index (κ2) is 6.61. The van der Waals surface area contributed by atoms with Gasteiger partial charge in [0.2, 0.25) is 0 Å². The molecule has 0 bridgehead atoms. The summed E-state index contributed by atoms with van der Waals surface area (Å²) in [5.74, 6) is 0.763. The Morgan fingerprint density at radius 1 is 1.00 bits per heavy atom. The van der Waals surface area contributed by atoms with Crippen molar-refractivity contribution in [3.63, 3.8) is 0 Å². The van der Waals surface area contributed by atoms with Crippen LogP contribution in [-0.2, 0) is 4.79 Å². The molecule has 1 amide bonds. The Bertz CT molecular complexity index is 640. The predicted octanol–water partition coefficient (Wildman–Crippen LogP) is 2.87. The summed E-state index contributed by atoms with van der Waals surface area (Å²) in [5, 5.41) is 0. The predicted molar refractivity (Wildman–Crippen MR) is 86.7 cm³/mol. The summed E-state index contributed by atoms with van der Waals surface area (Å²) in [6, 6.07) is 20.1. The quantitative estimate of drug-likeness (QED) is 0.673. The molecule has 0 aromatic heterocycles. The Hall–Kier alpha value is -2.04. The van der Waals surface area contributed by atoms with Gasteiger partial charge in [0.05, 0.1) is 6.04 Å². The van der Waals surface area contributed by atoms with Crippen molar-refractivity contribution in [1.29, 1.82) is 0 Å². The molecule has 1 aliphatic heterocycles. The van der Waals surface area contributed by atoms with Crippen LogP contribution >= 0.6 is 11.8 Å². The molecule has 106 valence electrons. The first kappa shape index (κ1) is 13.9. The Morgan fingerprint density at radius 2 is 1.67 bits per heavy atom. The largest absolute Gasteiger partial charge is 0.287 e. The van der Waals surface area contributed by atoms with Crippen molar-refractivity contribution >= 4 is 23.7 Å². The Labute approximate surface area is 128 Å². The molecule has 0 aliphatic carbocycles. The summed E-state index contributed by atoms with van der Waals surface area (Å²) < 4.78 is 0. The van der Waals surface area contributed by atoms with Gasteiger partial charge in [-0.3, -0.25) is 10.2 Å². The van der Waals surface area contributed by atoms with E-state index >= 15 is 0 Å². The lowest BCUT2D eigenvalue weighted by atomic mass is 10.1. The smallest absolute Gasteiger partial charge is 0.263 e. The number of carbonyl (C=O) groups excluding carboxylic acids is 1.